The number of carboxylic acid groups (broad SMARTS) is 1. The van der Waals surface area contributed by atoms with E-state index < -0.39 is 11.9 Å². The molecule has 1 amide bonds. The number of carbonyl (C=O) groups excluding carboxylic acids is 2. The Hall–Kier alpha value is -1.56. The second-order valence-electron chi connectivity index (χ2n) is 2.68. The first-order chi connectivity index (χ1) is 7.00. The van der Waals surface area contributed by atoms with Crippen LogP contribution in [0.15, 0.2) is 22.7 Å². The number of hydrogen-bond donors (Lipinski definition) is 1. The van der Waals surface area contributed by atoms with Crippen molar-refractivity contribution in [1.82, 2.24) is 0 Å². The normalized spacial score (nSPS) is 9.67. The molecule has 2 N–H and O–H groups in total. The van der Waals surface area contributed by atoms with E-state index in [2.05, 4.69) is 15.9 Å². The number of nitrogens with two attached hydrogens (primary N) is 1. The molecule has 1 rings (SSSR count). The molecule has 0 aliphatic heterocycles. The standard InChI is InChI=1S/C9H8BrNO4/c10-5-1-2-7(15-4-8(11)12)6(3-5)9(13)14/h1-3H,4H2,(H2,11,12)(H,13,14)/p-1. The van der Waals surface area contributed by atoms with Crippen LogP contribution in [0.25, 0.3) is 0 Å². The molecular formula is C9H7BrNO4-. The first kappa shape index (κ1) is 11.5. The van der Waals surface area contributed by atoms with Gasteiger partial charge in [-0.25, -0.2) is 0 Å². The van der Waals surface area contributed by atoms with Gasteiger partial charge in [-0.2, -0.15) is 0 Å². The van der Waals surface area contributed by atoms with Crippen molar-refractivity contribution in [3.63, 3.8) is 0 Å². The van der Waals surface area contributed by atoms with Crippen LogP contribution in [0.5, 0.6) is 5.75 Å². The first-order valence-electron chi connectivity index (χ1n) is 3.92. The number of aromatic carboxylic acids is 1. The summed E-state index contributed by atoms with van der Waals surface area (Å²) in [7, 11) is 0. The Morgan fingerprint density at radius 3 is 2.67 bits per heavy atom. The highest BCUT2D eigenvalue weighted by Crippen LogP contribution is 2.22. The lowest BCUT2D eigenvalue weighted by Crippen LogP contribution is -2.25. The third-order valence-electron chi connectivity index (χ3n) is 1.53. The lowest BCUT2D eigenvalue weighted by molar-refractivity contribution is -0.255. The highest BCUT2D eigenvalue weighted by Gasteiger charge is 2.06. The monoisotopic (exact) mass is 272 g/mol. The predicted octanol–water partition coefficient (Wildman–Crippen LogP) is -0.323. The third kappa shape index (κ3) is 3.25. The van der Waals surface area contributed by atoms with Gasteiger partial charge in [0, 0.05) is 10.0 Å². The van der Waals surface area contributed by atoms with Crippen molar-refractivity contribution in [2.24, 2.45) is 5.73 Å². The van der Waals surface area contributed by atoms with Crippen LogP contribution in [0, 0.1) is 0 Å². The SMILES string of the molecule is NC(=O)COc1ccc(Br)cc1C(=O)[O-]. The Balaban J connectivity index is 2.95. The number of halogens is 1. The van der Waals surface area contributed by atoms with Crippen molar-refractivity contribution in [2.45, 2.75) is 0 Å². The number of primary amides is 1. The molecular weight excluding hydrogens is 266 g/mol. The maximum atomic E-state index is 10.7. The van der Waals surface area contributed by atoms with Crippen LogP contribution in [0.1, 0.15) is 10.4 Å². The fraction of sp³-hybridized carbons (Fsp3) is 0.111. The number of carboxylic acids is 1. The largest absolute Gasteiger partial charge is 0.545 e. The van der Waals surface area contributed by atoms with Crippen molar-refractivity contribution < 1.29 is 19.4 Å². The zero-order valence-corrected chi connectivity index (χ0v) is 9.11. The lowest BCUT2D eigenvalue weighted by Gasteiger charge is -2.11. The maximum absolute atomic E-state index is 10.7. The number of ether oxygens (including phenoxy) is 1. The van der Waals surface area contributed by atoms with Gasteiger partial charge in [-0.1, -0.05) is 15.9 Å². The summed E-state index contributed by atoms with van der Waals surface area (Å²) in [5.74, 6) is -2.00. The van der Waals surface area contributed by atoms with Crippen LogP contribution in [-0.4, -0.2) is 18.5 Å². The maximum Gasteiger partial charge on any atom is 0.255 e. The minimum atomic E-state index is -1.38. The Morgan fingerprint density at radius 2 is 2.13 bits per heavy atom. The third-order valence-corrected chi connectivity index (χ3v) is 2.02. The van der Waals surface area contributed by atoms with Crippen LogP contribution < -0.4 is 15.6 Å². The van der Waals surface area contributed by atoms with E-state index in [4.69, 9.17) is 10.5 Å². The molecule has 5 nitrogen and oxygen atoms in total. The molecule has 0 aromatic heterocycles. The van der Waals surface area contributed by atoms with E-state index in [0.29, 0.717) is 4.47 Å². The molecule has 0 atom stereocenters. The van der Waals surface area contributed by atoms with Gasteiger partial charge in [-0.05, 0) is 18.2 Å². The molecule has 0 fully saturated rings. The minimum absolute atomic E-state index is 0.0528. The molecule has 0 unspecified atom stereocenters. The second-order valence-corrected chi connectivity index (χ2v) is 3.60. The Bertz CT molecular complexity index is 405. The van der Waals surface area contributed by atoms with Gasteiger partial charge in [0.15, 0.2) is 6.61 Å². The van der Waals surface area contributed by atoms with Crippen LogP contribution in [0.3, 0.4) is 0 Å². The van der Waals surface area contributed by atoms with E-state index in [9.17, 15) is 14.7 Å². The average molecular weight is 273 g/mol. The van der Waals surface area contributed by atoms with E-state index in [0.717, 1.165) is 0 Å². The minimum Gasteiger partial charge on any atom is -0.545 e. The summed E-state index contributed by atoms with van der Waals surface area (Å²) in [6, 6.07) is 4.33. The van der Waals surface area contributed by atoms with Gasteiger partial charge in [0.25, 0.3) is 5.91 Å². The second kappa shape index (κ2) is 4.79. The van der Waals surface area contributed by atoms with E-state index >= 15 is 0 Å². The molecule has 0 radical (unpaired) electrons. The highest BCUT2D eigenvalue weighted by molar-refractivity contribution is 9.10. The van der Waals surface area contributed by atoms with Gasteiger partial charge in [0.05, 0.1) is 5.97 Å². The Kier molecular flexibility index (Phi) is 3.68. The molecule has 0 aliphatic carbocycles. The predicted molar refractivity (Wildman–Crippen MR) is 53.2 cm³/mol. The summed E-state index contributed by atoms with van der Waals surface area (Å²) in [6.07, 6.45) is 0. The van der Waals surface area contributed by atoms with E-state index in [1.807, 2.05) is 0 Å². The highest BCUT2D eigenvalue weighted by atomic mass is 79.9. The van der Waals surface area contributed by atoms with Gasteiger partial charge < -0.3 is 20.4 Å². The number of rotatable bonds is 4. The first-order valence-corrected chi connectivity index (χ1v) is 4.72. The molecule has 0 heterocycles. The molecule has 0 saturated carbocycles. The summed E-state index contributed by atoms with van der Waals surface area (Å²) in [5.41, 5.74) is 4.73. The molecule has 0 aliphatic rings. The van der Waals surface area contributed by atoms with Crippen molar-refractivity contribution >= 4 is 27.8 Å². The Morgan fingerprint density at radius 1 is 1.47 bits per heavy atom. The molecule has 0 spiro atoms. The number of carbonyl (C=O) groups is 2. The van der Waals surface area contributed by atoms with Crippen LogP contribution in [-0.2, 0) is 4.79 Å². The van der Waals surface area contributed by atoms with Crippen LogP contribution in [0.4, 0.5) is 0 Å². The van der Waals surface area contributed by atoms with E-state index in [1.54, 1.807) is 6.07 Å². The molecule has 15 heavy (non-hydrogen) atoms. The van der Waals surface area contributed by atoms with Gasteiger partial charge in [0.2, 0.25) is 0 Å². The summed E-state index contributed by atoms with van der Waals surface area (Å²) >= 11 is 3.11. The molecule has 1 aromatic rings. The van der Waals surface area contributed by atoms with Crippen LogP contribution >= 0.6 is 15.9 Å². The Labute approximate surface area is 94.0 Å². The molecule has 80 valence electrons. The zero-order valence-electron chi connectivity index (χ0n) is 7.53. The van der Waals surface area contributed by atoms with Crippen molar-refractivity contribution in [2.75, 3.05) is 6.61 Å². The molecule has 6 heteroatoms. The zero-order chi connectivity index (χ0) is 11.4. The summed E-state index contributed by atoms with van der Waals surface area (Å²) in [4.78, 5) is 21.1. The van der Waals surface area contributed by atoms with Crippen molar-refractivity contribution in [3.8, 4) is 5.75 Å². The van der Waals surface area contributed by atoms with E-state index in [1.165, 1.54) is 12.1 Å². The van der Waals surface area contributed by atoms with Gasteiger partial charge in [-0.3, -0.25) is 4.79 Å². The van der Waals surface area contributed by atoms with Gasteiger partial charge in [-0.15, -0.1) is 0 Å². The van der Waals surface area contributed by atoms with Crippen LogP contribution in [0.2, 0.25) is 0 Å². The topological polar surface area (TPSA) is 92.5 Å². The number of hydrogen-bond acceptors (Lipinski definition) is 4. The summed E-state index contributed by atoms with van der Waals surface area (Å²) < 4.78 is 5.48. The summed E-state index contributed by atoms with van der Waals surface area (Å²) in [5, 5.41) is 10.7. The number of benzene rings is 1. The smallest absolute Gasteiger partial charge is 0.255 e. The van der Waals surface area contributed by atoms with Crippen molar-refractivity contribution in [1.29, 1.82) is 0 Å². The van der Waals surface area contributed by atoms with Crippen molar-refractivity contribution in [3.05, 3.63) is 28.2 Å². The van der Waals surface area contributed by atoms with Gasteiger partial charge >= 0.3 is 0 Å². The fourth-order valence-corrected chi connectivity index (χ4v) is 1.30. The number of amides is 1. The molecule has 0 saturated heterocycles. The molecule has 1 aromatic carbocycles. The lowest BCUT2D eigenvalue weighted by atomic mass is 10.2. The van der Waals surface area contributed by atoms with E-state index in [-0.39, 0.29) is 17.9 Å². The summed E-state index contributed by atoms with van der Waals surface area (Å²) in [6.45, 7) is -0.373. The fourth-order valence-electron chi connectivity index (χ4n) is 0.936. The average Bonchev–Trinajstić information content (AvgIpc) is 2.15. The quantitative estimate of drug-likeness (QED) is 0.813. The van der Waals surface area contributed by atoms with Gasteiger partial charge in [0.1, 0.15) is 5.75 Å². The molecule has 0 bridgehead atoms.